The van der Waals surface area contributed by atoms with E-state index < -0.39 is 0 Å². The number of hydrogen-bond donors (Lipinski definition) is 1. The lowest BCUT2D eigenvalue weighted by molar-refractivity contribution is 0.415. The van der Waals surface area contributed by atoms with Crippen molar-refractivity contribution in [1.82, 2.24) is 10.2 Å². The van der Waals surface area contributed by atoms with Gasteiger partial charge in [-0.25, -0.2) is 0 Å². The first-order valence-electron chi connectivity index (χ1n) is 6.50. The molecule has 102 valence electrons. The predicted molar refractivity (Wildman–Crippen MR) is 80.7 cm³/mol. The molecular formula is C17H13N3O. The van der Waals surface area contributed by atoms with Gasteiger partial charge in [0, 0.05) is 5.56 Å². The maximum Gasteiger partial charge on any atom is 0.118 e. The number of hydrogen-bond acceptors (Lipinski definition) is 3. The second-order valence-electron chi connectivity index (χ2n) is 4.58. The molecule has 1 heterocycles. The minimum absolute atomic E-state index is 0.647. The molecule has 0 saturated carbocycles. The minimum Gasteiger partial charge on any atom is -0.497 e. The van der Waals surface area contributed by atoms with Crippen LogP contribution in [0.25, 0.3) is 22.5 Å². The molecule has 0 fully saturated rings. The summed E-state index contributed by atoms with van der Waals surface area (Å²) in [6, 6.07) is 19.3. The monoisotopic (exact) mass is 275 g/mol. The second kappa shape index (κ2) is 5.51. The fourth-order valence-electron chi connectivity index (χ4n) is 2.10. The smallest absolute Gasteiger partial charge is 0.118 e. The molecule has 0 amide bonds. The number of nitrogens with zero attached hydrogens (tertiary/aromatic N) is 2. The fraction of sp³-hybridized carbons (Fsp3) is 0.0588. The van der Waals surface area contributed by atoms with Crippen molar-refractivity contribution in [3.05, 3.63) is 60.2 Å². The van der Waals surface area contributed by atoms with Crippen LogP contribution in [0.4, 0.5) is 0 Å². The van der Waals surface area contributed by atoms with E-state index in [4.69, 9.17) is 10.00 Å². The van der Waals surface area contributed by atoms with Crippen LogP contribution in [-0.4, -0.2) is 17.3 Å². The number of rotatable bonds is 3. The van der Waals surface area contributed by atoms with Gasteiger partial charge in [0.15, 0.2) is 0 Å². The third-order valence-corrected chi connectivity index (χ3v) is 3.29. The van der Waals surface area contributed by atoms with E-state index in [-0.39, 0.29) is 0 Å². The van der Waals surface area contributed by atoms with Gasteiger partial charge in [-0.2, -0.15) is 10.4 Å². The van der Waals surface area contributed by atoms with E-state index in [9.17, 15) is 0 Å². The number of H-pyrrole nitrogens is 1. The highest BCUT2D eigenvalue weighted by atomic mass is 16.5. The maximum absolute atomic E-state index is 8.81. The summed E-state index contributed by atoms with van der Waals surface area (Å²) in [5.41, 5.74) is 4.46. The van der Waals surface area contributed by atoms with E-state index >= 15 is 0 Å². The number of nitriles is 1. The zero-order valence-electron chi connectivity index (χ0n) is 11.5. The average Bonchev–Trinajstić information content (AvgIpc) is 3.05. The van der Waals surface area contributed by atoms with Crippen LogP contribution in [0.15, 0.2) is 54.6 Å². The zero-order valence-corrected chi connectivity index (χ0v) is 11.5. The van der Waals surface area contributed by atoms with Gasteiger partial charge in [-0.3, -0.25) is 5.10 Å². The van der Waals surface area contributed by atoms with Crippen LogP contribution in [0, 0.1) is 11.3 Å². The standard InChI is InChI=1S/C17H13N3O/c1-21-15-8-6-14(7-9-15)17-10-16(19-20-17)13-4-2-12(11-18)3-5-13/h2-10H,1H3,(H,19,20). The number of aromatic amines is 1. The summed E-state index contributed by atoms with van der Waals surface area (Å²) in [7, 11) is 1.65. The van der Waals surface area contributed by atoms with Crippen LogP contribution in [0.3, 0.4) is 0 Å². The Morgan fingerprint density at radius 2 is 1.67 bits per heavy atom. The zero-order chi connectivity index (χ0) is 14.7. The normalized spacial score (nSPS) is 10.1. The molecule has 21 heavy (non-hydrogen) atoms. The molecule has 3 aromatic rings. The lowest BCUT2D eigenvalue weighted by Crippen LogP contribution is -1.82. The van der Waals surface area contributed by atoms with E-state index in [1.54, 1.807) is 19.2 Å². The van der Waals surface area contributed by atoms with Gasteiger partial charge in [-0.15, -0.1) is 0 Å². The van der Waals surface area contributed by atoms with Crippen LogP contribution in [0.5, 0.6) is 5.75 Å². The van der Waals surface area contributed by atoms with Gasteiger partial charge in [-0.1, -0.05) is 12.1 Å². The molecule has 0 bridgehead atoms. The molecule has 3 rings (SSSR count). The van der Waals surface area contributed by atoms with Gasteiger partial charge in [0.2, 0.25) is 0 Å². The number of benzene rings is 2. The van der Waals surface area contributed by atoms with Gasteiger partial charge in [0.05, 0.1) is 30.1 Å². The topological polar surface area (TPSA) is 61.7 Å². The summed E-state index contributed by atoms with van der Waals surface area (Å²) in [6.07, 6.45) is 0. The molecule has 0 unspecified atom stereocenters. The van der Waals surface area contributed by atoms with Crippen molar-refractivity contribution in [2.24, 2.45) is 0 Å². The molecule has 0 spiro atoms. The highest BCUT2D eigenvalue weighted by Gasteiger charge is 2.06. The number of aromatic nitrogens is 2. The summed E-state index contributed by atoms with van der Waals surface area (Å²) in [5.74, 6) is 0.821. The van der Waals surface area contributed by atoms with Gasteiger partial charge in [-0.05, 0) is 48.0 Å². The maximum atomic E-state index is 8.81. The summed E-state index contributed by atoms with van der Waals surface area (Å²) in [6.45, 7) is 0. The van der Waals surface area contributed by atoms with E-state index in [0.717, 1.165) is 28.3 Å². The SMILES string of the molecule is COc1ccc(-c2cc(-c3ccc(C#N)cc3)[nH]n2)cc1. The average molecular weight is 275 g/mol. The lowest BCUT2D eigenvalue weighted by Gasteiger charge is -2.00. The van der Waals surface area contributed by atoms with Crippen molar-refractivity contribution in [1.29, 1.82) is 5.26 Å². The molecule has 0 aliphatic heterocycles. The number of methoxy groups -OCH3 is 1. The van der Waals surface area contributed by atoms with Crippen molar-refractivity contribution >= 4 is 0 Å². The Morgan fingerprint density at radius 1 is 1.00 bits per heavy atom. The van der Waals surface area contributed by atoms with Gasteiger partial charge in [0.25, 0.3) is 0 Å². The van der Waals surface area contributed by atoms with Crippen LogP contribution >= 0.6 is 0 Å². The van der Waals surface area contributed by atoms with E-state index in [1.807, 2.05) is 42.5 Å². The molecule has 0 saturated heterocycles. The Morgan fingerprint density at radius 3 is 2.29 bits per heavy atom. The molecule has 4 heteroatoms. The Bertz CT molecular complexity index is 780. The van der Waals surface area contributed by atoms with Crippen LogP contribution in [0.1, 0.15) is 5.56 Å². The van der Waals surface area contributed by atoms with Crippen molar-refractivity contribution in [2.75, 3.05) is 7.11 Å². The first kappa shape index (κ1) is 12.9. The largest absolute Gasteiger partial charge is 0.497 e. The van der Waals surface area contributed by atoms with Crippen molar-refractivity contribution < 1.29 is 4.74 Å². The molecule has 0 aliphatic carbocycles. The summed E-state index contributed by atoms with van der Waals surface area (Å²) < 4.78 is 5.15. The fourth-order valence-corrected chi connectivity index (χ4v) is 2.10. The summed E-state index contributed by atoms with van der Waals surface area (Å²) in [5, 5.41) is 16.2. The molecule has 0 radical (unpaired) electrons. The van der Waals surface area contributed by atoms with Crippen molar-refractivity contribution in [3.63, 3.8) is 0 Å². The van der Waals surface area contributed by atoms with E-state index in [2.05, 4.69) is 16.3 Å². The Hall–Kier alpha value is -3.06. The first-order chi connectivity index (χ1) is 10.3. The second-order valence-corrected chi connectivity index (χ2v) is 4.58. The molecule has 0 atom stereocenters. The number of nitrogens with one attached hydrogen (secondary N) is 1. The van der Waals surface area contributed by atoms with Gasteiger partial charge >= 0.3 is 0 Å². The highest BCUT2D eigenvalue weighted by molar-refractivity contribution is 5.68. The Kier molecular flexibility index (Phi) is 3.40. The molecular weight excluding hydrogens is 262 g/mol. The predicted octanol–water partition coefficient (Wildman–Crippen LogP) is 3.62. The quantitative estimate of drug-likeness (QED) is 0.794. The molecule has 4 nitrogen and oxygen atoms in total. The Balaban J connectivity index is 1.89. The van der Waals surface area contributed by atoms with Gasteiger partial charge < -0.3 is 4.74 Å². The third kappa shape index (κ3) is 2.63. The number of ether oxygens (including phenoxy) is 1. The summed E-state index contributed by atoms with van der Waals surface area (Å²) >= 11 is 0. The minimum atomic E-state index is 0.647. The Labute approximate surface area is 122 Å². The third-order valence-electron chi connectivity index (χ3n) is 3.29. The first-order valence-corrected chi connectivity index (χ1v) is 6.50. The van der Waals surface area contributed by atoms with Crippen molar-refractivity contribution in [2.45, 2.75) is 0 Å². The molecule has 1 N–H and O–H groups in total. The van der Waals surface area contributed by atoms with Gasteiger partial charge in [0.1, 0.15) is 5.75 Å². The molecule has 1 aromatic heterocycles. The van der Waals surface area contributed by atoms with E-state index in [0.29, 0.717) is 5.56 Å². The van der Waals surface area contributed by atoms with Crippen LogP contribution < -0.4 is 4.74 Å². The highest BCUT2D eigenvalue weighted by Crippen LogP contribution is 2.25. The van der Waals surface area contributed by atoms with Crippen LogP contribution in [0.2, 0.25) is 0 Å². The van der Waals surface area contributed by atoms with Crippen molar-refractivity contribution in [3.8, 4) is 34.3 Å². The van der Waals surface area contributed by atoms with Crippen LogP contribution in [-0.2, 0) is 0 Å². The lowest BCUT2D eigenvalue weighted by atomic mass is 10.1. The molecule has 2 aromatic carbocycles. The summed E-state index contributed by atoms with van der Waals surface area (Å²) in [4.78, 5) is 0. The molecule has 0 aliphatic rings. The van der Waals surface area contributed by atoms with E-state index in [1.165, 1.54) is 0 Å².